The van der Waals surface area contributed by atoms with Gasteiger partial charge in [-0.15, -0.1) is 24.0 Å². The quantitative estimate of drug-likeness (QED) is 0.197. The molecule has 1 heterocycles. The predicted molar refractivity (Wildman–Crippen MR) is 135 cm³/mol. The Labute approximate surface area is 204 Å². The van der Waals surface area contributed by atoms with E-state index in [9.17, 15) is 0 Å². The van der Waals surface area contributed by atoms with Crippen molar-refractivity contribution in [3.8, 4) is 11.5 Å². The zero-order valence-corrected chi connectivity index (χ0v) is 22.0. The molecule has 1 aliphatic heterocycles. The van der Waals surface area contributed by atoms with Gasteiger partial charge in [-0.25, -0.2) is 0 Å². The summed E-state index contributed by atoms with van der Waals surface area (Å²) in [6.07, 6.45) is 1.11. The van der Waals surface area contributed by atoms with Crippen molar-refractivity contribution in [3.05, 3.63) is 23.8 Å². The SMILES string of the molecule is CN=C(NCC(c1ccc(OC)c(OC)c1)N(C)C)N1CCC(COCCOC)C1.I. The Morgan fingerprint density at radius 1 is 1.19 bits per heavy atom. The molecule has 0 aliphatic carbocycles. The second-order valence-corrected chi connectivity index (χ2v) is 7.69. The Bertz CT molecular complexity index is 675. The largest absolute Gasteiger partial charge is 0.493 e. The Morgan fingerprint density at radius 3 is 2.55 bits per heavy atom. The fourth-order valence-electron chi connectivity index (χ4n) is 3.73. The van der Waals surface area contributed by atoms with Crippen molar-refractivity contribution in [2.45, 2.75) is 12.5 Å². The van der Waals surface area contributed by atoms with Crippen LogP contribution in [0.15, 0.2) is 23.2 Å². The number of hydrogen-bond donors (Lipinski definition) is 1. The van der Waals surface area contributed by atoms with Crippen molar-refractivity contribution in [2.24, 2.45) is 10.9 Å². The smallest absolute Gasteiger partial charge is 0.193 e. The third-order valence-electron chi connectivity index (χ3n) is 5.45. The Kier molecular flexibility index (Phi) is 13.2. The van der Waals surface area contributed by atoms with E-state index in [0.717, 1.165) is 55.7 Å². The van der Waals surface area contributed by atoms with Crippen LogP contribution in [-0.4, -0.2) is 97.7 Å². The van der Waals surface area contributed by atoms with Gasteiger partial charge in [0.05, 0.1) is 40.1 Å². The standard InChI is InChI=1S/C22H38N4O4.HI/c1-23-22(26-10-9-17(15-26)16-30-12-11-27-4)24-14-19(25(2)3)18-7-8-20(28-5)21(13-18)29-6;/h7-8,13,17,19H,9-12,14-16H2,1-6H3,(H,23,24);1H. The first-order chi connectivity index (χ1) is 14.5. The first-order valence-electron chi connectivity index (χ1n) is 10.4. The third kappa shape index (κ3) is 8.28. The zero-order valence-electron chi connectivity index (χ0n) is 19.7. The van der Waals surface area contributed by atoms with Crippen molar-refractivity contribution in [2.75, 3.05) is 81.9 Å². The number of likely N-dealkylation sites (N-methyl/N-ethyl adjacent to an activating group) is 1. The van der Waals surface area contributed by atoms with Gasteiger partial charge in [0.25, 0.3) is 0 Å². The van der Waals surface area contributed by atoms with Crippen LogP contribution in [0.4, 0.5) is 0 Å². The average Bonchev–Trinajstić information content (AvgIpc) is 3.22. The molecule has 1 N–H and O–H groups in total. The fourth-order valence-corrected chi connectivity index (χ4v) is 3.73. The van der Waals surface area contributed by atoms with Crippen molar-refractivity contribution < 1.29 is 18.9 Å². The molecule has 178 valence electrons. The average molecular weight is 550 g/mol. The molecule has 0 aromatic heterocycles. The van der Waals surface area contributed by atoms with Gasteiger partial charge in [-0.05, 0) is 38.2 Å². The van der Waals surface area contributed by atoms with Gasteiger partial charge in [0.2, 0.25) is 0 Å². The molecule has 0 amide bonds. The van der Waals surface area contributed by atoms with E-state index in [4.69, 9.17) is 18.9 Å². The summed E-state index contributed by atoms with van der Waals surface area (Å²) < 4.78 is 21.6. The summed E-state index contributed by atoms with van der Waals surface area (Å²) in [4.78, 5) is 9.01. The van der Waals surface area contributed by atoms with E-state index in [2.05, 4.69) is 40.3 Å². The molecule has 2 unspecified atom stereocenters. The monoisotopic (exact) mass is 550 g/mol. The van der Waals surface area contributed by atoms with Gasteiger partial charge in [-0.3, -0.25) is 4.99 Å². The van der Waals surface area contributed by atoms with Gasteiger partial charge >= 0.3 is 0 Å². The summed E-state index contributed by atoms with van der Waals surface area (Å²) in [6, 6.07) is 6.24. The molecule has 2 atom stereocenters. The highest BCUT2D eigenvalue weighted by molar-refractivity contribution is 14.0. The van der Waals surface area contributed by atoms with E-state index in [0.29, 0.717) is 19.1 Å². The van der Waals surface area contributed by atoms with Crippen LogP contribution in [0.25, 0.3) is 0 Å². The molecular weight excluding hydrogens is 511 g/mol. The normalized spacial score (nSPS) is 17.5. The molecular formula is C22H39IN4O4. The molecule has 0 saturated carbocycles. The maximum absolute atomic E-state index is 5.71. The molecule has 9 heteroatoms. The maximum atomic E-state index is 5.71. The molecule has 31 heavy (non-hydrogen) atoms. The van der Waals surface area contributed by atoms with Gasteiger partial charge in [-0.2, -0.15) is 0 Å². The molecule has 1 saturated heterocycles. The minimum Gasteiger partial charge on any atom is -0.493 e. The number of ether oxygens (including phenoxy) is 4. The van der Waals surface area contributed by atoms with E-state index < -0.39 is 0 Å². The lowest BCUT2D eigenvalue weighted by molar-refractivity contribution is 0.0536. The van der Waals surface area contributed by atoms with Crippen LogP contribution < -0.4 is 14.8 Å². The third-order valence-corrected chi connectivity index (χ3v) is 5.45. The number of guanidine groups is 1. The van der Waals surface area contributed by atoms with Crippen LogP contribution in [0.5, 0.6) is 11.5 Å². The highest BCUT2D eigenvalue weighted by Crippen LogP contribution is 2.31. The minimum atomic E-state index is 0. The van der Waals surface area contributed by atoms with Crippen molar-refractivity contribution in [3.63, 3.8) is 0 Å². The number of rotatable bonds is 11. The molecule has 2 rings (SSSR count). The van der Waals surface area contributed by atoms with Crippen LogP contribution >= 0.6 is 24.0 Å². The molecule has 1 aliphatic rings. The Balaban J connectivity index is 0.00000480. The molecule has 0 spiro atoms. The van der Waals surface area contributed by atoms with Crippen LogP contribution in [0.2, 0.25) is 0 Å². The van der Waals surface area contributed by atoms with E-state index >= 15 is 0 Å². The van der Waals surface area contributed by atoms with Crippen LogP contribution in [0, 0.1) is 5.92 Å². The molecule has 0 bridgehead atoms. The molecule has 8 nitrogen and oxygen atoms in total. The number of benzene rings is 1. The van der Waals surface area contributed by atoms with Crippen molar-refractivity contribution >= 4 is 29.9 Å². The van der Waals surface area contributed by atoms with Crippen LogP contribution in [0.3, 0.4) is 0 Å². The van der Waals surface area contributed by atoms with E-state index in [1.54, 1.807) is 21.3 Å². The topological polar surface area (TPSA) is 67.8 Å². The lowest BCUT2D eigenvalue weighted by atomic mass is 10.1. The second-order valence-electron chi connectivity index (χ2n) is 7.69. The first-order valence-corrected chi connectivity index (χ1v) is 10.4. The van der Waals surface area contributed by atoms with Crippen molar-refractivity contribution in [1.82, 2.24) is 15.1 Å². The second kappa shape index (κ2) is 14.7. The van der Waals surface area contributed by atoms with E-state index in [-0.39, 0.29) is 30.0 Å². The number of halogens is 1. The Morgan fingerprint density at radius 2 is 1.94 bits per heavy atom. The van der Waals surface area contributed by atoms with Gasteiger partial charge in [0, 0.05) is 39.7 Å². The first kappa shape index (κ1) is 27.7. The molecule has 1 fully saturated rings. The highest BCUT2D eigenvalue weighted by atomic mass is 127. The summed E-state index contributed by atoms with van der Waals surface area (Å²) in [7, 11) is 11.0. The number of methoxy groups -OCH3 is 3. The Hall–Kier alpha value is -1.30. The van der Waals surface area contributed by atoms with Crippen LogP contribution in [-0.2, 0) is 9.47 Å². The fraction of sp³-hybridized carbons (Fsp3) is 0.682. The number of aliphatic imine (C=N–C) groups is 1. The number of hydrogen-bond acceptors (Lipinski definition) is 6. The summed E-state index contributed by atoms with van der Waals surface area (Å²) in [5.74, 6) is 2.93. The summed E-state index contributed by atoms with van der Waals surface area (Å²) in [5.41, 5.74) is 1.16. The van der Waals surface area contributed by atoms with Gasteiger partial charge in [0.1, 0.15) is 0 Å². The molecule has 0 radical (unpaired) electrons. The zero-order chi connectivity index (χ0) is 21.9. The van der Waals surface area contributed by atoms with Gasteiger partial charge in [-0.1, -0.05) is 6.07 Å². The molecule has 1 aromatic carbocycles. The number of nitrogens with zero attached hydrogens (tertiary/aromatic N) is 3. The highest BCUT2D eigenvalue weighted by Gasteiger charge is 2.26. The minimum absolute atomic E-state index is 0. The van der Waals surface area contributed by atoms with E-state index in [1.807, 2.05) is 19.2 Å². The number of nitrogens with one attached hydrogen (secondary N) is 1. The van der Waals surface area contributed by atoms with Crippen molar-refractivity contribution in [1.29, 1.82) is 0 Å². The van der Waals surface area contributed by atoms with Crippen LogP contribution in [0.1, 0.15) is 18.0 Å². The van der Waals surface area contributed by atoms with E-state index in [1.165, 1.54) is 0 Å². The summed E-state index contributed by atoms with van der Waals surface area (Å²) in [5, 5.41) is 3.56. The maximum Gasteiger partial charge on any atom is 0.193 e. The number of likely N-dealkylation sites (tertiary alicyclic amines) is 1. The summed E-state index contributed by atoms with van der Waals surface area (Å²) >= 11 is 0. The van der Waals surface area contributed by atoms with Gasteiger partial charge in [0.15, 0.2) is 17.5 Å². The summed E-state index contributed by atoms with van der Waals surface area (Å²) in [6.45, 7) is 4.73. The lowest BCUT2D eigenvalue weighted by Gasteiger charge is -2.28. The van der Waals surface area contributed by atoms with Gasteiger partial charge < -0.3 is 34.1 Å². The lowest BCUT2D eigenvalue weighted by Crippen LogP contribution is -2.43. The predicted octanol–water partition coefficient (Wildman–Crippen LogP) is 2.48. The molecule has 1 aromatic rings.